The first-order chi connectivity index (χ1) is 6.22. The summed E-state index contributed by atoms with van der Waals surface area (Å²) in [5.74, 6) is 1.71. The number of hydrogen-bond acceptors (Lipinski definition) is 2. The minimum absolute atomic E-state index is 0.516. The van der Waals surface area contributed by atoms with Crippen molar-refractivity contribution in [1.29, 1.82) is 0 Å². The van der Waals surface area contributed by atoms with Gasteiger partial charge in [-0.2, -0.15) is 11.8 Å². The first kappa shape index (κ1) is 10.9. The monoisotopic (exact) mass is 215 g/mol. The molecule has 0 spiro atoms. The van der Waals surface area contributed by atoms with Crippen LogP contribution in [0.15, 0.2) is 18.5 Å². The molecule has 1 nitrogen and oxygen atoms in total. The lowest BCUT2D eigenvalue weighted by Gasteiger charge is -2.06. The molecular formula is C10H14ClNS. The average Bonchev–Trinajstić information content (AvgIpc) is 2.14. The third-order valence-electron chi connectivity index (χ3n) is 1.68. The van der Waals surface area contributed by atoms with E-state index in [-0.39, 0.29) is 0 Å². The zero-order valence-electron chi connectivity index (χ0n) is 7.96. The molecule has 72 valence electrons. The predicted octanol–water partition coefficient (Wildman–Crippen LogP) is 3.25. The fraction of sp³-hybridized carbons (Fsp3) is 0.500. The van der Waals surface area contributed by atoms with Gasteiger partial charge < -0.3 is 0 Å². The minimum Gasteiger partial charge on any atom is -0.264 e. The SMILES string of the molecule is Cc1cncc(CSC(C)CCl)c1. The smallest absolute Gasteiger partial charge is 0.0340 e. The lowest BCUT2D eigenvalue weighted by atomic mass is 10.2. The van der Waals surface area contributed by atoms with Crippen LogP contribution in [0.1, 0.15) is 18.1 Å². The zero-order chi connectivity index (χ0) is 9.68. The van der Waals surface area contributed by atoms with E-state index in [4.69, 9.17) is 11.6 Å². The van der Waals surface area contributed by atoms with Gasteiger partial charge in [0.2, 0.25) is 0 Å². The third-order valence-corrected chi connectivity index (χ3v) is 3.57. The van der Waals surface area contributed by atoms with Crippen LogP contribution in [0.5, 0.6) is 0 Å². The van der Waals surface area contributed by atoms with Gasteiger partial charge in [-0.15, -0.1) is 11.6 Å². The summed E-state index contributed by atoms with van der Waals surface area (Å²) in [5.41, 5.74) is 2.50. The van der Waals surface area contributed by atoms with Gasteiger partial charge in [0.15, 0.2) is 0 Å². The van der Waals surface area contributed by atoms with Crippen molar-refractivity contribution < 1.29 is 0 Å². The van der Waals surface area contributed by atoms with Crippen molar-refractivity contribution in [3.63, 3.8) is 0 Å². The lowest BCUT2D eigenvalue weighted by molar-refractivity contribution is 1.11. The van der Waals surface area contributed by atoms with Crippen LogP contribution in [0.25, 0.3) is 0 Å². The van der Waals surface area contributed by atoms with Gasteiger partial charge in [0.1, 0.15) is 0 Å². The molecule has 1 unspecified atom stereocenters. The van der Waals surface area contributed by atoms with E-state index in [1.165, 1.54) is 11.1 Å². The third kappa shape index (κ3) is 4.01. The highest BCUT2D eigenvalue weighted by atomic mass is 35.5. The summed E-state index contributed by atoms with van der Waals surface area (Å²) in [7, 11) is 0. The molecule has 1 heterocycles. The van der Waals surface area contributed by atoms with Crippen LogP contribution in [-0.2, 0) is 5.75 Å². The molecule has 13 heavy (non-hydrogen) atoms. The molecule has 1 aromatic rings. The molecule has 0 N–H and O–H groups in total. The molecule has 3 heteroatoms. The maximum absolute atomic E-state index is 5.71. The Balaban J connectivity index is 2.45. The van der Waals surface area contributed by atoms with E-state index in [1.807, 2.05) is 24.2 Å². The second-order valence-corrected chi connectivity index (χ2v) is 4.88. The van der Waals surface area contributed by atoms with Crippen molar-refractivity contribution >= 4 is 23.4 Å². The molecule has 0 aliphatic heterocycles. The Morgan fingerprint density at radius 1 is 1.54 bits per heavy atom. The van der Waals surface area contributed by atoms with Crippen molar-refractivity contribution in [3.8, 4) is 0 Å². The number of alkyl halides is 1. The molecule has 0 aliphatic carbocycles. The summed E-state index contributed by atoms with van der Waals surface area (Å²) in [4.78, 5) is 4.14. The van der Waals surface area contributed by atoms with E-state index in [0.29, 0.717) is 11.1 Å². The normalized spacial score (nSPS) is 12.8. The van der Waals surface area contributed by atoms with Crippen LogP contribution in [0, 0.1) is 6.92 Å². The van der Waals surface area contributed by atoms with Crippen LogP contribution < -0.4 is 0 Å². The second-order valence-electron chi connectivity index (χ2n) is 3.15. The molecule has 1 atom stereocenters. The van der Waals surface area contributed by atoms with E-state index < -0.39 is 0 Å². The highest BCUT2D eigenvalue weighted by molar-refractivity contribution is 7.99. The summed E-state index contributed by atoms with van der Waals surface area (Å²) in [6.07, 6.45) is 3.79. The number of nitrogens with zero attached hydrogens (tertiary/aromatic N) is 1. The van der Waals surface area contributed by atoms with Crippen LogP contribution in [0.3, 0.4) is 0 Å². The van der Waals surface area contributed by atoms with Crippen LogP contribution >= 0.6 is 23.4 Å². The number of pyridine rings is 1. The van der Waals surface area contributed by atoms with Crippen molar-refractivity contribution in [2.24, 2.45) is 0 Å². The van der Waals surface area contributed by atoms with Crippen molar-refractivity contribution in [3.05, 3.63) is 29.6 Å². The van der Waals surface area contributed by atoms with E-state index in [1.54, 1.807) is 0 Å². The fourth-order valence-corrected chi connectivity index (χ4v) is 1.97. The molecule has 0 bridgehead atoms. The van der Waals surface area contributed by atoms with Gasteiger partial charge >= 0.3 is 0 Å². The van der Waals surface area contributed by atoms with Crippen molar-refractivity contribution in [2.75, 3.05) is 5.88 Å². The largest absolute Gasteiger partial charge is 0.264 e. The van der Waals surface area contributed by atoms with Gasteiger partial charge in [-0.3, -0.25) is 4.98 Å². The second kappa shape index (κ2) is 5.51. The summed E-state index contributed by atoms with van der Waals surface area (Å²) in [6, 6.07) is 2.17. The molecule has 1 aromatic heterocycles. The van der Waals surface area contributed by atoms with Gasteiger partial charge in [-0.25, -0.2) is 0 Å². The summed E-state index contributed by atoms with van der Waals surface area (Å²) >= 11 is 7.58. The Labute approximate surface area is 88.9 Å². The first-order valence-corrected chi connectivity index (χ1v) is 5.89. The number of aromatic nitrogens is 1. The highest BCUT2D eigenvalue weighted by Crippen LogP contribution is 2.18. The topological polar surface area (TPSA) is 12.9 Å². The summed E-state index contributed by atoms with van der Waals surface area (Å²) < 4.78 is 0. The average molecular weight is 216 g/mol. The van der Waals surface area contributed by atoms with Gasteiger partial charge in [0.25, 0.3) is 0 Å². The Morgan fingerprint density at radius 3 is 2.92 bits per heavy atom. The molecule has 1 rings (SSSR count). The molecular weight excluding hydrogens is 202 g/mol. The van der Waals surface area contributed by atoms with Crippen LogP contribution in [-0.4, -0.2) is 16.1 Å². The number of thioether (sulfide) groups is 1. The molecule has 0 fully saturated rings. The van der Waals surface area contributed by atoms with E-state index in [2.05, 4.69) is 24.9 Å². The highest BCUT2D eigenvalue weighted by Gasteiger charge is 2.01. The van der Waals surface area contributed by atoms with Gasteiger partial charge in [0, 0.05) is 29.3 Å². The van der Waals surface area contributed by atoms with Gasteiger partial charge in [0.05, 0.1) is 0 Å². The lowest BCUT2D eigenvalue weighted by Crippen LogP contribution is -1.98. The summed E-state index contributed by atoms with van der Waals surface area (Å²) in [6.45, 7) is 4.20. The molecule has 0 radical (unpaired) electrons. The maximum Gasteiger partial charge on any atom is 0.0340 e. The van der Waals surface area contributed by atoms with Crippen molar-refractivity contribution in [1.82, 2.24) is 4.98 Å². The Bertz CT molecular complexity index is 265. The van der Waals surface area contributed by atoms with E-state index in [0.717, 1.165) is 5.75 Å². The molecule has 0 saturated heterocycles. The van der Waals surface area contributed by atoms with Gasteiger partial charge in [-0.05, 0) is 18.1 Å². The van der Waals surface area contributed by atoms with Gasteiger partial charge in [-0.1, -0.05) is 13.0 Å². The molecule has 0 saturated carbocycles. The number of hydrogen-bond donors (Lipinski definition) is 0. The zero-order valence-corrected chi connectivity index (χ0v) is 9.53. The number of aryl methyl sites for hydroxylation is 1. The van der Waals surface area contributed by atoms with Crippen molar-refractivity contribution in [2.45, 2.75) is 24.9 Å². The number of rotatable bonds is 4. The van der Waals surface area contributed by atoms with E-state index >= 15 is 0 Å². The quantitative estimate of drug-likeness (QED) is 0.716. The maximum atomic E-state index is 5.71. The Morgan fingerprint density at radius 2 is 2.31 bits per heavy atom. The first-order valence-electron chi connectivity index (χ1n) is 4.30. The number of halogens is 1. The molecule has 0 amide bonds. The van der Waals surface area contributed by atoms with Crippen LogP contribution in [0.4, 0.5) is 0 Å². The standard InChI is InChI=1S/C10H14ClNS/c1-8-3-10(6-12-5-8)7-13-9(2)4-11/h3,5-6,9H,4,7H2,1-2H3. The Kier molecular flexibility index (Phi) is 4.60. The minimum atomic E-state index is 0.516. The molecule has 0 aromatic carbocycles. The van der Waals surface area contributed by atoms with Crippen LogP contribution in [0.2, 0.25) is 0 Å². The van der Waals surface area contributed by atoms with E-state index in [9.17, 15) is 0 Å². The predicted molar refractivity (Wildman–Crippen MR) is 60.5 cm³/mol. The Hall–Kier alpha value is -0.210. The molecule has 0 aliphatic rings. The summed E-state index contributed by atoms with van der Waals surface area (Å²) in [5, 5.41) is 0.516. The fourth-order valence-electron chi connectivity index (χ4n) is 0.980.